The molecule has 3 aromatic carbocycles. The smallest absolute Gasteiger partial charge is 0.267 e. The van der Waals surface area contributed by atoms with E-state index in [0.29, 0.717) is 42.6 Å². The van der Waals surface area contributed by atoms with Crippen molar-refractivity contribution in [3.63, 3.8) is 0 Å². The summed E-state index contributed by atoms with van der Waals surface area (Å²) in [7, 11) is 0. The van der Waals surface area contributed by atoms with Crippen molar-refractivity contribution in [3.8, 4) is 11.5 Å². The van der Waals surface area contributed by atoms with Crippen molar-refractivity contribution in [2.24, 2.45) is 0 Å². The van der Waals surface area contributed by atoms with Crippen LogP contribution in [0.25, 0.3) is 32.6 Å². The van der Waals surface area contributed by atoms with Crippen molar-refractivity contribution in [1.82, 2.24) is 4.98 Å². The summed E-state index contributed by atoms with van der Waals surface area (Å²) in [4.78, 5) is 17.6. The van der Waals surface area contributed by atoms with Crippen molar-refractivity contribution in [3.05, 3.63) is 80.6 Å². The standard InChI is InChI=1S/C22H11Cl3N2O2S/c23-12-9-15(24)19-16(10-12)27-22(29-19)11-5-7-13(8-6-11)26-21(28)20-18(25)14-3-1-2-4-17(14)30-20/h1-10H,(H,26,28). The minimum atomic E-state index is -0.253. The summed E-state index contributed by atoms with van der Waals surface area (Å²) >= 11 is 20.0. The maximum atomic E-state index is 12.7. The molecule has 2 aromatic heterocycles. The molecule has 0 spiro atoms. The molecule has 8 heteroatoms. The third-order valence-electron chi connectivity index (χ3n) is 4.54. The highest BCUT2D eigenvalue weighted by atomic mass is 35.5. The van der Waals surface area contributed by atoms with E-state index in [-0.39, 0.29) is 5.91 Å². The van der Waals surface area contributed by atoms with E-state index >= 15 is 0 Å². The van der Waals surface area contributed by atoms with Crippen LogP contribution in [0.4, 0.5) is 5.69 Å². The quantitative estimate of drug-likeness (QED) is 0.289. The SMILES string of the molecule is O=C(Nc1ccc(-c2nc3cc(Cl)cc(Cl)c3o2)cc1)c1sc2ccccc2c1Cl. The van der Waals surface area contributed by atoms with Crippen molar-refractivity contribution in [2.75, 3.05) is 5.32 Å². The van der Waals surface area contributed by atoms with Crippen LogP contribution in [0.1, 0.15) is 9.67 Å². The van der Waals surface area contributed by atoms with Crippen LogP contribution >= 0.6 is 46.1 Å². The van der Waals surface area contributed by atoms with Gasteiger partial charge in [0.2, 0.25) is 5.89 Å². The topological polar surface area (TPSA) is 55.1 Å². The highest BCUT2D eigenvalue weighted by Crippen LogP contribution is 2.36. The molecule has 5 aromatic rings. The molecule has 0 fully saturated rings. The van der Waals surface area contributed by atoms with Crippen molar-refractivity contribution < 1.29 is 9.21 Å². The van der Waals surface area contributed by atoms with Crippen molar-refractivity contribution >= 4 is 78.9 Å². The Morgan fingerprint density at radius 1 is 1.00 bits per heavy atom. The number of benzene rings is 3. The number of anilines is 1. The minimum absolute atomic E-state index is 0.253. The number of hydrogen-bond donors (Lipinski definition) is 1. The molecule has 0 atom stereocenters. The van der Waals surface area contributed by atoms with Gasteiger partial charge in [-0.05, 0) is 42.5 Å². The Balaban J connectivity index is 1.40. The van der Waals surface area contributed by atoms with Crippen LogP contribution in [-0.2, 0) is 0 Å². The fourth-order valence-electron chi connectivity index (χ4n) is 3.13. The van der Waals surface area contributed by atoms with Gasteiger partial charge in [0.25, 0.3) is 5.91 Å². The van der Waals surface area contributed by atoms with Gasteiger partial charge in [0, 0.05) is 26.4 Å². The lowest BCUT2D eigenvalue weighted by molar-refractivity contribution is 0.103. The molecule has 2 heterocycles. The van der Waals surface area contributed by atoms with E-state index in [4.69, 9.17) is 39.2 Å². The predicted molar refractivity (Wildman–Crippen MR) is 124 cm³/mol. The lowest BCUT2D eigenvalue weighted by atomic mass is 10.2. The fourth-order valence-corrected chi connectivity index (χ4v) is 5.06. The average Bonchev–Trinajstić information content (AvgIpc) is 3.30. The Kier molecular flexibility index (Phi) is 4.91. The number of oxazole rings is 1. The Morgan fingerprint density at radius 3 is 2.53 bits per heavy atom. The second-order valence-electron chi connectivity index (χ2n) is 6.53. The minimum Gasteiger partial charge on any atom is -0.435 e. The summed E-state index contributed by atoms with van der Waals surface area (Å²) in [6.07, 6.45) is 0. The van der Waals surface area contributed by atoms with Crippen LogP contribution in [0, 0.1) is 0 Å². The molecule has 1 N–H and O–H groups in total. The van der Waals surface area contributed by atoms with Gasteiger partial charge in [-0.2, -0.15) is 0 Å². The van der Waals surface area contributed by atoms with Gasteiger partial charge in [-0.15, -0.1) is 11.3 Å². The lowest BCUT2D eigenvalue weighted by Gasteiger charge is -2.04. The first-order valence-corrected chi connectivity index (χ1v) is 10.8. The number of hydrogen-bond acceptors (Lipinski definition) is 4. The van der Waals surface area contributed by atoms with E-state index in [0.717, 1.165) is 15.6 Å². The molecule has 1 amide bonds. The zero-order valence-electron chi connectivity index (χ0n) is 15.1. The van der Waals surface area contributed by atoms with Gasteiger partial charge in [0.05, 0.1) is 10.0 Å². The first-order valence-electron chi connectivity index (χ1n) is 8.84. The Morgan fingerprint density at radius 2 is 1.77 bits per heavy atom. The van der Waals surface area contributed by atoms with Gasteiger partial charge >= 0.3 is 0 Å². The van der Waals surface area contributed by atoms with Crippen LogP contribution in [0.15, 0.2) is 65.1 Å². The normalized spacial score (nSPS) is 11.3. The van der Waals surface area contributed by atoms with Gasteiger partial charge in [0.1, 0.15) is 10.4 Å². The summed E-state index contributed by atoms with van der Waals surface area (Å²) in [5, 5.41) is 5.11. The number of halogens is 3. The zero-order valence-corrected chi connectivity index (χ0v) is 18.2. The summed E-state index contributed by atoms with van der Waals surface area (Å²) in [6, 6.07) is 18.1. The number of nitrogens with zero attached hydrogens (tertiary/aromatic N) is 1. The number of fused-ring (bicyclic) bond motifs is 2. The molecule has 0 radical (unpaired) electrons. The summed E-state index contributed by atoms with van der Waals surface area (Å²) < 4.78 is 6.74. The van der Waals surface area contributed by atoms with Crippen LogP contribution < -0.4 is 5.32 Å². The van der Waals surface area contributed by atoms with Crippen LogP contribution in [0.3, 0.4) is 0 Å². The monoisotopic (exact) mass is 472 g/mol. The molecule has 0 aliphatic rings. The lowest BCUT2D eigenvalue weighted by Crippen LogP contribution is -2.10. The highest BCUT2D eigenvalue weighted by molar-refractivity contribution is 7.21. The molecular formula is C22H11Cl3N2O2S. The Hall–Kier alpha value is -2.57. The van der Waals surface area contributed by atoms with Gasteiger partial charge < -0.3 is 9.73 Å². The first kappa shape index (κ1) is 19.4. The molecule has 30 heavy (non-hydrogen) atoms. The number of amides is 1. The number of carbonyl (C=O) groups excluding carboxylic acids is 1. The number of carbonyl (C=O) groups is 1. The molecule has 148 valence electrons. The molecule has 4 nitrogen and oxygen atoms in total. The third-order valence-corrected chi connectivity index (χ3v) is 6.71. The van der Waals surface area contributed by atoms with Crippen LogP contribution in [0.5, 0.6) is 0 Å². The molecule has 0 bridgehead atoms. The largest absolute Gasteiger partial charge is 0.435 e. The van der Waals surface area contributed by atoms with E-state index in [2.05, 4.69) is 10.3 Å². The first-order chi connectivity index (χ1) is 14.5. The second kappa shape index (κ2) is 7.60. The molecular weight excluding hydrogens is 463 g/mol. The third kappa shape index (κ3) is 3.44. The number of rotatable bonds is 3. The van der Waals surface area contributed by atoms with E-state index in [1.165, 1.54) is 11.3 Å². The maximum absolute atomic E-state index is 12.7. The zero-order chi connectivity index (χ0) is 20.8. The van der Waals surface area contributed by atoms with Crippen LogP contribution in [-0.4, -0.2) is 10.9 Å². The molecule has 0 unspecified atom stereocenters. The summed E-state index contributed by atoms with van der Waals surface area (Å²) in [5.41, 5.74) is 2.44. The van der Waals surface area contributed by atoms with Gasteiger partial charge in [0.15, 0.2) is 5.58 Å². The Bertz CT molecular complexity index is 1420. The van der Waals surface area contributed by atoms with E-state index in [1.54, 1.807) is 24.3 Å². The van der Waals surface area contributed by atoms with Gasteiger partial charge in [-0.3, -0.25) is 4.79 Å². The van der Waals surface area contributed by atoms with Crippen molar-refractivity contribution in [1.29, 1.82) is 0 Å². The fraction of sp³-hybridized carbons (Fsp3) is 0. The number of aromatic nitrogens is 1. The second-order valence-corrected chi connectivity index (χ2v) is 8.80. The summed E-state index contributed by atoms with van der Waals surface area (Å²) in [5.74, 6) is 0.164. The maximum Gasteiger partial charge on any atom is 0.267 e. The van der Waals surface area contributed by atoms with Crippen molar-refractivity contribution in [2.45, 2.75) is 0 Å². The molecule has 0 aliphatic heterocycles. The number of thiophene rings is 1. The van der Waals surface area contributed by atoms with E-state index in [1.807, 2.05) is 36.4 Å². The van der Waals surface area contributed by atoms with E-state index < -0.39 is 0 Å². The predicted octanol–water partition coefficient (Wildman–Crippen LogP) is 7.92. The molecule has 5 rings (SSSR count). The van der Waals surface area contributed by atoms with E-state index in [9.17, 15) is 4.79 Å². The van der Waals surface area contributed by atoms with Gasteiger partial charge in [-0.1, -0.05) is 53.0 Å². The van der Waals surface area contributed by atoms with Gasteiger partial charge in [-0.25, -0.2) is 4.98 Å². The summed E-state index contributed by atoms with van der Waals surface area (Å²) in [6.45, 7) is 0. The molecule has 0 saturated carbocycles. The van der Waals surface area contributed by atoms with Crippen LogP contribution in [0.2, 0.25) is 15.1 Å². The molecule has 0 saturated heterocycles. The number of nitrogens with one attached hydrogen (secondary N) is 1. The highest BCUT2D eigenvalue weighted by Gasteiger charge is 2.17. The molecule has 0 aliphatic carbocycles. The average molecular weight is 474 g/mol. The Labute approximate surface area is 190 Å².